The quantitative estimate of drug-likeness (QED) is 0.799. The first-order chi connectivity index (χ1) is 10.7. The Balaban J connectivity index is 0.00000135. The Morgan fingerprint density at radius 3 is 2.96 bits per heavy atom. The van der Waals surface area contributed by atoms with Crippen molar-refractivity contribution < 1.29 is 14.6 Å². The van der Waals surface area contributed by atoms with Crippen LogP contribution in [-0.4, -0.2) is 49.0 Å². The molecule has 5 heteroatoms. The zero-order valence-electron chi connectivity index (χ0n) is 13.4. The highest BCUT2D eigenvalue weighted by Crippen LogP contribution is 2.62. The van der Waals surface area contributed by atoms with Gasteiger partial charge in [-0.15, -0.1) is 12.4 Å². The molecule has 1 spiro atoms. The lowest BCUT2D eigenvalue weighted by atomic mass is 9.52. The number of phenolic OH excluding ortho intramolecular Hbond substituents is 1. The van der Waals surface area contributed by atoms with Gasteiger partial charge in [0.15, 0.2) is 11.5 Å². The van der Waals surface area contributed by atoms with Crippen LogP contribution >= 0.6 is 12.4 Å². The smallest absolute Gasteiger partial charge is 0.166 e. The van der Waals surface area contributed by atoms with E-state index in [0.717, 1.165) is 25.1 Å². The summed E-state index contributed by atoms with van der Waals surface area (Å²) in [5, 5.41) is 10.3. The highest BCUT2D eigenvalue weighted by Gasteiger charge is 2.64. The van der Waals surface area contributed by atoms with E-state index in [9.17, 15) is 5.11 Å². The molecule has 1 aromatic rings. The molecule has 0 saturated carbocycles. The van der Waals surface area contributed by atoms with Gasteiger partial charge in [-0.05, 0) is 44.1 Å². The lowest BCUT2D eigenvalue weighted by Gasteiger charge is -2.58. The van der Waals surface area contributed by atoms with Crippen LogP contribution in [0.3, 0.4) is 0 Å². The summed E-state index contributed by atoms with van der Waals surface area (Å²) in [6.45, 7) is 1.07. The van der Waals surface area contributed by atoms with Crippen LogP contribution in [0.15, 0.2) is 24.3 Å². The molecule has 2 aliphatic heterocycles. The number of halogens is 1. The van der Waals surface area contributed by atoms with E-state index in [1.165, 1.54) is 11.1 Å². The summed E-state index contributed by atoms with van der Waals surface area (Å²) in [7, 11) is 4.02. The van der Waals surface area contributed by atoms with Crippen molar-refractivity contribution in [2.75, 3.05) is 20.7 Å². The first-order valence-corrected chi connectivity index (χ1v) is 8.10. The zero-order chi connectivity index (χ0) is 15.1. The van der Waals surface area contributed by atoms with Crippen LogP contribution in [0.4, 0.5) is 0 Å². The van der Waals surface area contributed by atoms with E-state index in [1.807, 2.05) is 0 Å². The maximum absolute atomic E-state index is 10.3. The molecule has 1 fully saturated rings. The van der Waals surface area contributed by atoms with Gasteiger partial charge in [-0.3, -0.25) is 0 Å². The third-order valence-electron chi connectivity index (χ3n) is 6.43. The molecule has 2 aliphatic carbocycles. The molecular weight excluding hydrogens is 314 g/mol. The number of ether oxygens (including phenoxy) is 2. The van der Waals surface area contributed by atoms with Crippen LogP contribution in [0, 0.1) is 5.92 Å². The summed E-state index contributed by atoms with van der Waals surface area (Å²) in [5.41, 5.74) is 2.57. The van der Waals surface area contributed by atoms with Crippen molar-refractivity contribution in [2.45, 2.75) is 36.5 Å². The molecule has 23 heavy (non-hydrogen) atoms. The predicted molar refractivity (Wildman–Crippen MR) is 89.6 cm³/mol. The molecule has 5 atom stereocenters. The second-order valence-corrected chi connectivity index (χ2v) is 7.14. The van der Waals surface area contributed by atoms with E-state index in [2.05, 4.69) is 30.2 Å². The van der Waals surface area contributed by atoms with Crippen LogP contribution in [-0.2, 0) is 16.6 Å². The second kappa shape index (κ2) is 4.88. The fourth-order valence-corrected chi connectivity index (χ4v) is 5.51. The predicted octanol–water partition coefficient (Wildman–Crippen LogP) is 2.27. The Morgan fingerprint density at radius 2 is 2.17 bits per heavy atom. The highest BCUT2D eigenvalue weighted by molar-refractivity contribution is 5.85. The third-order valence-corrected chi connectivity index (χ3v) is 6.43. The third kappa shape index (κ3) is 1.64. The van der Waals surface area contributed by atoms with Crippen LogP contribution in [0.1, 0.15) is 17.5 Å². The van der Waals surface area contributed by atoms with Crippen molar-refractivity contribution in [3.05, 3.63) is 35.4 Å². The number of phenols is 1. The number of hydrogen-bond acceptors (Lipinski definition) is 4. The van der Waals surface area contributed by atoms with Crippen LogP contribution in [0.25, 0.3) is 0 Å². The summed E-state index contributed by atoms with van der Waals surface area (Å²) in [4.78, 5) is 2.48. The maximum Gasteiger partial charge on any atom is 0.166 e. The largest absolute Gasteiger partial charge is 0.504 e. The molecule has 0 aromatic heterocycles. The fraction of sp³-hybridized carbons (Fsp3) is 0.556. The monoisotopic (exact) mass is 335 g/mol. The lowest BCUT2D eigenvalue weighted by molar-refractivity contribution is -0.0703. The first-order valence-electron chi connectivity index (χ1n) is 8.10. The molecule has 5 rings (SSSR count). The summed E-state index contributed by atoms with van der Waals surface area (Å²) in [6, 6.07) is 4.35. The number of nitrogens with zero attached hydrogens (tertiary/aromatic N) is 1. The van der Waals surface area contributed by atoms with E-state index in [-0.39, 0.29) is 35.8 Å². The van der Waals surface area contributed by atoms with Crippen LogP contribution in [0.5, 0.6) is 11.5 Å². The lowest BCUT2D eigenvalue weighted by Crippen LogP contribution is -2.66. The second-order valence-electron chi connectivity index (χ2n) is 7.14. The van der Waals surface area contributed by atoms with Crippen molar-refractivity contribution >= 4 is 12.4 Å². The van der Waals surface area contributed by atoms with Gasteiger partial charge in [0.25, 0.3) is 0 Å². The van der Waals surface area contributed by atoms with E-state index in [0.29, 0.717) is 12.0 Å². The van der Waals surface area contributed by atoms with Crippen molar-refractivity contribution in [2.24, 2.45) is 5.92 Å². The van der Waals surface area contributed by atoms with Crippen LogP contribution in [0.2, 0.25) is 0 Å². The van der Waals surface area contributed by atoms with Crippen molar-refractivity contribution in [3.63, 3.8) is 0 Å². The van der Waals surface area contributed by atoms with Crippen LogP contribution < -0.4 is 4.74 Å². The van der Waals surface area contributed by atoms with Gasteiger partial charge in [0.1, 0.15) is 6.10 Å². The van der Waals surface area contributed by atoms with E-state index in [1.54, 1.807) is 13.2 Å². The average Bonchev–Trinajstić information content (AvgIpc) is 2.87. The number of piperidine rings is 1. The number of hydrogen-bond donors (Lipinski definition) is 1. The van der Waals surface area contributed by atoms with Gasteiger partial charge >= 0.3 is 0 Å². The number of likely N-dealkylation sites (tertiary alicyclic amines) is 1. The summed E-state index contributed by atoms with van der Waals surface area (Å²) >= 11 is 0. The Bertz CT molecular complexity index is 691. The molecule has 124 valence electrons. The number of methoxy groups -OCH3 is 1. The highest BCUT2D eigenvalue weighted by atomic mass is 35.5. The van der Waals surface area contributed by atoms with Gasteiger partial charge in [0, 0.05) is 30.0 Å². The minimum absolute atomic E-state index is 0. The minimum atomic E-state index is -0.0335. The molecule has 1 saturated heterocycles. The standard InChI is InChI=1S/C18H21NO3.ClH/c1-19-8-7-18-14-6-5-13(21-2)16(18)11(19)9-10-3-4-12(20)17(22-14)15(10)18;/h3-6,11,13-14,16,20H,7-9H2,1-2H3;1H. The molecule has 0 amide bonds. The minimum Gasteiger partial charge on any atom is -0.504 e. The Labute approximate surface area is 142 Å². The van der Waals surface area contributed by atoms with Crippen molar-refractivity contribution in [3.8, 4) is 11.5 Å². The molecule has 0 radical (unpaired) electrons. The molecule has 1 N–H and O–H groups in total. The van der Waals surface area contributed by atoms with Crippen molar-refractivity contribution in [1.29, 1.82) is 0 Å². The van der Waals surface area contributed by atoms with Gasteiger partial charge in [0.05, 0.1) is 6.10 Å². The number of aromatic hydroxyl groups is 1. The summed E-state index contributed by atoms with van der Waals surface area (Å²) in [6.07, 6.45) is 6.53. The molecular formula is C18H22ClNO3. The molecule has 1 aromatic carbocycles. The SMILES string of the molecule is COC1C=CC2Oc3c(O)ccc4c3C23CCN(C)C(C4)C13.Cl. The Morgan fingerprint density at radius 1 is 1.35 bits per heavy atom. The van der Waals surface area contributed by atoms with Gasteiger partial charge < -0.3 is 19.5 Å². The summed E-state index contributed by atoms with van der Waals surface area (Å²) < 4.78 is 12.1. The molecule has 4 nitrogen and oxygen atoms in total. The molecule has 2 heterocycles. The van der Waals surface area contributed by atoms with Gasteiger partial charge in [-0.25, -0.2) is 0 Å². The molecule has 5 unspecified atom stereocenters. The van der Waals surface area contributed by atoms with E-state index >= 15 is 0 Å². The zero-order valence-corrected chi connectivity index (χ0v) is 14.2. The number of likely N-dealkylation sites (N-methyl/N-ethyl adjacent to an activating group) is 1. The normalized spacial score (nSPS) is 39.4. The molecule has 4 aliphatic rings. The maximum atomic E-state index is 10.3. The van der Waals surface area contributed by atoms with E-state index in [4.69, 9.17) is 9.47 Å². The number of benzene rings is 1. The van der Waals surface area contributed by atoms with Gasteiger partial charge in [0.2, 0.25) is 0 Å². The first kappa shape index (κ1) is 15.3. The Kier molecular flexibility index (Phi) is 3.25. The number of rotatable bonds is 1. The fourth-order valence-electron chi connectivity index (χ4n) is 5.51. The van der Waals surface area contributed by atoms with Crippen molar-refractivity contribution in [1.82, 2.24) is 4.90 Å². The topological polar surface area (TPSA) is 41.9 Å². The van der Waals surface area contributed by atoms with E-state index < -0.39 is 0 Å². The summed E-state index contributed by atoms with van der Waals surface area (Å²) in [5.74, 6) is 1.39. The molecule has 2 bridgehead atoms. The Hall–Kier alpha value is -1.23. The van der Waals surface area contributed by atoms with Gasteiger partial charge in [-0.2, -0.15) is 0 Å². The van der Waals surface area contributed by atoms with Gasteiger partial charge in [-0.1, -0.05) is 12.1 Å². The average molecular weight is 336 g/mol.